The number of aromatic nitrogens is 1. The summed E-state index contributed by atoms with van der Waals surface area (Å²) >= 11 is 0. The van der Waals surface area contributed by atoms with Crippen LogP contribution >= 0.6 is 0 Å². The molecule has 4 heteroatoms. The summed E-state index contributed by atoms with van der Waals surface area (Å²) in [6.07, 6.45) is 4.32. The second-order valence-corrected chi connectivity index (χ2v) is 5.42. The third-order valence-electron chi connectivity index (χ3n) is 3.86. The number of anilines is 1. The van der Waals surface area contributed by atoms with Crippen molar-refractivity contribution in [2.45, 2.75) is 32.4 Å². The summed E-state index contributed by atoms with van der Waals surface area (Å²) < 4.78 is 0. The number of pyridine rings is 1. The van der Waals surface area contributed by atoms with E-state index in [2.05, 4.69) is 46.2 Å². The zero-order valence-electron chi connectivity index (χ0n) is 12.4. The third kappa shape index (κ3) is 3.67. The van der Waals surface area contributed by atoms with Crippen LogP contribution in [0.2, 0.25) is 0 Å². The summed E-state index contributed by atoms with van der Waals surface area (Å²) in [7, 11) is 4.20. The fourth-order valence-electron chi connectivity index (χ4n) is 2.83. The first-order valence-corrected chi connectivity index (χ1v) is 7.29. The van der Waals surface area contributed by atoms with Crippen LogP contribution in [-0.4, -0.2) is 49.7 Å². The van der Waals surface area contributed by atoms with Crippen molar-refractivity contribution >= 4 is 5.82 Å². The molecule has 0 spiro atoms. The molecule has 19 heavy (non-hydrogen) atoms. The van der Waals surface area contributed by atoms with Gasteiger partial charge in [-0.15, -0.1) is 0 Å². The molecule has 0 radical (unpaired) electrons. The molecule has 1 aromatic rings. The molecular formula is C15H26N4. The monoisotopic (exact) mass is 262 g/mol. The maximum absolute atomic E-state index is 4.59. The van der Waals surface area contributed by atoms with Crippen LogP contribution < -0.4 is 10.2 Å². The minimum atomic E-state index is 0.574. The number of nitrogens with zero attached hydrogens (tertiary/aromatic N) is 3. The zero-order valence-corrected chi connectivity index (χ0v) is 12.4. The predicted molar refractivity (Wildman–Crippen MR) is 80.5 cm³/mol. The van der Waals surface area contributed by atoms with Crippen molar-refractivity contribution in [3.63, 3.8) is 0 Å². The van der Waals surface area contributed by atoms with E-state index in [1.54, 1.807) is 0 Å². The maximum Gasteiger partial charge on any atom is 0.129 e. The fourth-order valence-corrected chi connectivity index (χ4v) is 2.83. The first-order valence-electron chi connectivity index (χ1n) is 7.29. The van der Waals surface area contributed by atoms with Crippen LogP contribution in [0.5, 0.6) is 0 Å². The van der Waals surface area contributed by atoms with E-state index in [1.165, 1.54) is 24.9 Å². The van der Waals surface area contributed by atoms with E-state index in [0.29, 0.717) is 6.04 Å². The first-order chi connectivity index (χ1) is 9.24. The van der Waals surface area contributed by atoms with Crippen LogP contribution in [0.15, 0.2) is 18.3 Å². The van der Waals surface area contributed by atoms with E-state index in [1.807, 2.05) is 13.2 Å². The van der Waals surface area contributed by atoms with Gasteiger partial charge >= 0.3 is 0 Å². The molecule has 2 rings (SSSR count). The van der Waals surface area contributed by atoms with Crippen molar-refractivity contribution < 1.29 is 0 Å². The van der Waals surface area contributed by atoms with Crippen LogP contribution in [0.1, 0.15) is 25.3 Å². The Morgan fingerprint density at radius 2 is 2.26 bits per heavy atom. The summed E-state index contributed by atoms with van der Waals surface area (Å²) in [5.41, 5.74) is 1.31. The third-order valence-corrected chi connectivity index (χ3v) is 3.86. The Balaban J connectivity index is 2.19. The largest absolute Gasteiger partial charge is 0.352 e. The van der Waals surface area contributed by atoms with Crippen molar-refractivity contribution in [1.82, 2.24) is 15.2 Å². The Morgan fingerprint density at radius 1 is 1.42 bits per heavy atom. The Kier molecular flexibility index (Phi) is 5.16. The average molecular weight is 262 g/mol. The summed E-state index contributed by atoms with van der Waals surface area (Å²) in [5.74, 6) is 1.13. The Morgan fingerprint density at radius 3 is 3.00 bits per heavy atom. The lowest BCUT2D eigenvalue weighted by Gasteiger charge is -2.31. The number of nitrogens with one attached hydrogen (secondary N) is 1. The molecule has 0 bridgehead atoms. The highest BCUT2D eigenvalue weighted by atomic mass is 15.3. The van der Waals surface area contributed by atoms with Crippen LogP contribution in [0.25, 0.3) is 0 Å². The van der Waals surface area contributed by atoms with E-state index in [4.69, 9.17) is 0 Å². The smallest absolute Gasteiger partial charge is 0.129 e. The second-order valence-electron chi connectivity index (χ2n) is 5.42. The highest BCUT2D eigenvalue weighted by Gasteiger charge is 2.23. The van der Waals surface area contributed by atoms with Gasteiger partial charge in [-0.1, -0.05) is 6.92 Å². The lowest BCUT2D eigenvalue weighted by Crippen LogP contribution is -2.40. The zero-order chi connectivity index (χ0) is 13.7. The van der Waals surface area contributed by atoms with E-state index in [0.717, 1.165) is 25.5 Å². The highest BCUT2D eigenvalue weighted by molar-refractivity contribution is 5.42. The summed E-state index contributed by atoms with van der Waals surface area (Å²) in [6, 6.07) is 4.89. The topological polar surface area (TPSA) is 31.4 Å². The minimum Gasteiger partial charge on any atom is -0.352 e. The standard InChI is InChI=1S/C15H26N4/c1-4-14-12-18(3)8-5-9-19(14)15-10-13(11-16-2)6-7-17-15/h6-7,10,14,16H,4-5,8-9,11-12H2,1-3H3. The molecular weight excluding hydrogens is 236 g/mol. The molecule has 1 N–H and O–H groups in total. The molecule has 1 atom stereocenters. The average Bonchev–Trinajstić information content (AvgIpc) is 2.61. The summed E-state index contributed by atoms with van der Waals surface area (Å²) in [5, 5.41) is 3.20. The maximum atomic E-state index is 4.59. The van der Waals surface area contributed by atoms with Gasteiger partial charge in [0.1, 0.15) is 5.82 Å². The van der Waals surface area contributed by atoms with Gasteiger partial charge in [-0.25, -0.2) is 4.98 Å². The molecule has 4 nitrogen and oxygen atoms in total. The van der Waals surface area contributed by atoms with E-state index in [9.17, 15) is 0 Å². The van der Waals surface area contributed by atoms with Crippen molar-refractivity contribution in [2.75, 3.05) is 38.6 Å². The number of rotatable bonds is 4. The van der Waals surface area contributed by atoms with Gasteiger partial charge in [0.05, 0.1) is 0 Å². The fraction of sp³-hybridized carbons (Fsp3) is 0.667. The van der Waals surface area contributed by atoms with Crippen molar-refractivity contribution in [2.24, 2.45) is 0 Å². The summed E-state index contributed by atoms with van der Waals surface area (Å²) in [4.78, 5) is 9.51. The lowest BCUT2D eigenvalue weighted by molar-refractivity contribution is 0.327. The molecule has 1 unspecified atom stereocenters. The van der Waals surface area contributed by atoms with Crippen LogP contribution in [0.3, 0.4) is 0 Å². The Bertz CT molecular complexity index is 393. The molecule has 106 valence electrons. The van der Waals surface area contributed by atoms with Crippen LogP contribution in [0, 0.1) is 0 Å². The predicted octanol–water partition coefficient (Wildman–Crippen LogP) is 1.72. The lowest BCUT2D eigenvalue weighted by atomic mass is 10.1. The molecule has 0 aromatic carbocycles. The number of hydrogen-bond donors (Lipinski definition) is 1. The normalized spacial score (nSPS) is 21.4. The molecule has 1 fully saturated rings. The highest BCUT2D eigenvalue weighted by Crippen LogP contribution is 2.20. The minimum absolute atomic E-state index is 0.574. The van der Waals surface area contributed by atoms with Gasteiger partial charge in [0.15, 0.2) is 0 Å². The van der Waals surface area contributed by atoms with Gasteiger partial charge in [-0.2, -0.15) is 0 Å². The van der Waals surface area contributed by atoms with E-state index in [-0.39, 0.29) is 0 Å². The van der Waals surface area contributed by atoms with Crippen molar-refractivity contribution in [1.29, 1.82) is 0 Å². The molecule has 1 saturated heterocycles. The van der Waals surface area contributed by atoms with Gasteiger partial charge in [-0.05, 0) is 51.2 Å². The van der Waals surface area contributed by atoms with Gasteiger partial charge in [0, 0.05) is 31.9 Å². The molecule has 1 aromatic heterocycles. The van der Waals surface area contributed by atoms with Crippen LogP contribution in [0.4, 0.5) is 5.82 Å². The van der Waals surface area contributed by atoms with Gasteiger partial charge in [0.25, 0.3) is 0 Å². The number of likely N-dealkylation sites (N-methyl/N-ethyl adjacent to an activating group) is 1. The number of hydrogen-bond acceptors (Lipinski definition) is 4. The van der Waals surface area contributed by atoms with Crippen molar-refractivity contribution in [3.8, 4) is 0 Å². The second kappa shape index (κ2) is 6.87. The molecule has 0 saturated carbocycles. The molecule has 1 aliphatic heterocycles. The van der Waals surface area contributed by atoms with Crippen LogP contribution in [-0.2, 0) is 6.54 Å². The van der Waals surface area contributed by atoms with Gasteiger partial charge < -0.3 is 15.1 Å². The molecule has 0 amide bonds. The van der Waals surface area contributed by atoms with Crippen molar-refractivity contribution in [3.05, 3.63) is 23.9 Å². The molecule has 1 aliphatic rings. The van der Waals surface area contributed by atoms with Gasteiger partial charge in [0.2, 0.25) is 0 Å². The molecule has 0 aliphatic carbocycles. The summed E-state index contributed by atoms with van der Waals surface area (Å²) in [6.45, 7) is 6.60. The Hall–Kier alpha value is -1.13. The van der Waals surface area contributed by atoms with E-state index >= 15 is 0 Å². The SMILES string of the molecule is CCC1CN(C)CCCN1c1cc(CNC)ccn1. The molecule has 2 heterocycles. The Labute approximate surface area is 116 Å². The quantitative estimate of drug-likeness (QED) is 0.895. The van der Waals surface area contributed by atoms with E-state index < -0.39 is 0 Å². The van der Waals surface area contributed by atoms with Gasteiger partial charge in [-0.3, -0.25) is 0 Å². The first kappa shape index (κ1) is 14.3.